The summed E-state index contributed by atoms with van der Waals surface area (Å²) in [7, 11) is 0. The van der Waals surface area contributed by atoms with Gasteiger partial charge in [0.2, 0.25) is 0 Å². The van der Waals surface area contributed by atoms with Crippen LogP contribution in [0.4, 0.5) is 0 Å². The van der Waals surface area contributed by atoms with Gasteiger partial charge >= 0.3 is 0 Å². The smallest absolute Gasteiger partial charge is 0.0471 e. The molecule has 0 aliphatic heterocycles. The number of aromatic nitrogens is 2. The van der Waals surface area contributed by atoms with Gasteiger partial charge in [-0.1, -0.05) is 18.2 Å². The molecule has 2 heteroatoms. The van der Waals surface area contributed by atoms with Gasteiger partial charge in [-0.2, -0.15) is 0 Å². The third-order valence-corrected chi connectivity index (χ3v) is 3.59. The maximum Gasteiger partial charge on any atom is 0.0471 e. The molecule has 0 radical (unpaired) electrons. The van der Waals surface area contributed by atoms with Crippen LogP contribution in [0.1, 0.15) is 5.69 Å². The van der Waals surface area contributed by atoms with Crippen molar-refractivity contribution in [3.05, 3.63) is 54.4 Å². The van der Waals surface area contributed by atoms with Crippen molar-refractivity contribution in [2.24, 2.45) is 0 Å². The standard InChI is InChI=1S/C16H12N2/c1-10-13-9-14-12-4-2-3-5-15(12)18-16(14)8-11(13)6-7-17-10/h2-9,18H,1H3. The van der Waals surface area contributed by atoms with Gasteiger partial charge in [-0.25, -0.2) is 0 Å². The van der Waals surface area contributed by atoms with Crippen molar-refractivity contribution >= 4 is 32.6 Å². The number of H-pyrrole nitrogens is 1. The van der Waals surface area contributed by atoms with Crippen molar-refractivity contribution in [2.45, 2.75) is 6.92 Å². The first kappa shape index (κ1) is 9.66. The zero-order chi connectivity index (χ0) is 12.1. The van der Waals surface area contributed by atoms with Gasteiger partial charge in [0.1, 0.15) is 0 Å². The van der Waals surface area contributed by atoms with E-state index in [1.54, 1.807) is 0 Å². The molecule has 18 heavy (non-hydrogen) atoms. The van der Waals surface area contributed by atoms with Crippen LogP contribution in [0, 0.1) is 6.92 Å². The van der Waals surface area contributed by atoms with E-state index in [1.165, 1.54) is 32.6 Å². The van der Waals surface area contributed by atoms with Crippen LogP contribution in [-0.2, 0) is 0 Å². The highest BCUT2D eigenvalue weighted by atomic mass is 14.7. The highest BCUT2D eigenvalue weighted by molar-refractivity contribution is 6.12. The second kappa shape index (κ2) is 3.33. The quantitative estimate of drug-likeness (QED) is 0.484. The Balaban J connectivity index is 2.28. The van der Waals surface area contributed by atoms with Crippen molar-refractivity contribution in [1.29, 1.82) is 0 Å². The summed E-state index contributed by atoms with van der Waals surface area (Å²) in [5, 5.41) is 5.02. The number of hydrogen-bond donors (Lipinski definition) is 1. The molecule has 2 aromatic carbocycles. The zero-order valence-corrected chi connectivity index (χ0v) is 10.1. The Kier molecular flexibility index (Phi) is 1.78. The lowest BCUT2D eigenvalue weighted by Gasteiger charge is -2.01. The lowest BCUT2D eigenvalue weighted by Crippen LogP contribution is -1.82. The summed E-state index contributed by atoms with van der Waals surface area (Å²) in [4.78, 5) is 7.84. The minimum atomic E-state index is 1.08. The van der Waals surface area contributed by atoms with Crippen LogP contribution in [0.2, 0.25) is 0 Å². The lowest BCUT2D eigenvalue weighted by atomic mass is 10.1. The summed E-state index contributed by atoms with van der Waals surface area (Å²) in [5.41, 5.74) is 3.46. The van der Waals surface area contributed by atoms with E-state index in [0.29, 0.717) is 0 Å². The van der Waals surface area contributed by atoms with E-state index >= 15 is 0 Å². The number of para-hydroxylation sites is 1. The Labute approximate surface area is 104 Å². The van der Waals surface area contributed by atoms with Gasteiger partial charge in [0, 0.05) is 39.1 Å². The first-order chi connectivity index (χ1) is 8.83. The predicted molar refractivity (Wildman–Crippen MR) is 75.8 cm³/mol. The SMILES string of the molecule is Cc1nccc2cc3[nH]c4ccccc4c3cc12. The molecule has 0 saturated carbocycles. The summed E-state index contributed by atoms with van der Waals surface area (Å²) in [6, 6.07) is 14.9. The second-order valence-electron chi connectivity index (χ2n) is 4.69. The van der Waals surface area contributed by atoms with E-state index in [-0.39, 0.29) is 0 Å². The molecule has 0 fully saturated rings. The molecular formula is C16H12N2. The number of aromatic amines is 1. The van der Waals surface area contributed by atoms with E-state index in [1.807, 2.05) is 6.20 Å². The summed E-state index contributed by atoms with van der Waals surface area (Å²) in [5.74, 6) is 0. The Morgan fingerprint density at radius 2 is 1.78 bits per heavy atom. The van der Waals surface area contributed by atoms with Gasteiger partial charge in [-0.15, -0.1) is 0 Å². The van der Waals surface area contributed by atoms with Gasteiger partial charge in [0.05, 0.1) is 0 Å². The van der Waals surface area contributed by atoms with Crippen LogP contribution in [0.25, 0.3) is 32.6 Å². The van der Waals surface area contributed by atoms with E-state index in [2.05, 4.69) is 59.4 Å². The van der Waals surface area contributed by atoms with Gasteiger partial charge in [-0.05, 0) is 36.6 Å². The monoisotopic (exact) mass is 232 g/mol. The molecule has 0 bridgehead atoms. The Bertz CT molecular complexity index is 887. The number of fused-ring (bicyclic) bond motifs is 4. The number of nitrogens with one attached hydrogen (secondary N) is 1. The molecule has 0 atom stereocenters. The topological polar surface area (TPSA) is 28.7 Å². The molecule has 0 spiro atoms. The van der Waals surface area contributed by atoms with Crippen LogP contribution in [0.5, 0.6) is 0 Å². The molecule has 0 amide bonds. The van der Waals surface area contributed by atoms with Crippen molar-refractivity contribution in [2.75, 3.05) is 0 Å². The minimum absolute atomic E-state index is 1.08. The molecule has 0 aliphatic carbocycles. The predicted octanol–water partition coefficient (Wildman–Crippen LogP) is 4.18. The summed E-state index contributed by atoms with van der Waals surface area (Å²) in [6.07, 6.45) is 1.87. The molecule has 2 nitrogen and oxygen atoms in total. The fourth-order valence-electron chi connectivity index (χ4n) is 2.66. The van der Waals surface area contributed by atoms with E-state index < -0.39 is 0 Å². The van der Waals surface area contributed by atoms with Gasteiger partial charge in [0.25, 0.3) is 0 Å². The van der Waals surface area contributed by atoms with Crippen molar-refractivity contribution < 1.29 is 0 Å². The number of pyridine rings is 1. The van der Waals surface area contributed by atoms with Crippen molar-refractivity contribution in [1.82, 2.24) is 9.97 Å². The van der Waals surface area contributed by atoms with E-state index in [4.69, 9.17) is 0 Å². The molecule has 4 rings (SSSR count). The van der Waals surface area contributed by atoms with Crippen molar-refractivity contribution in [3.63, 3.8) is 0 Å². The normalized spacial score (nSPS) is 11.6. The average Bonchev–Trinajstić information content (AvgIpc) is 2.75. The van der Waals surface area contributed by atoms with Crippen molar-refractivity contribution in [3.8, 4) is 0 Å². The largest absolute Gasteiger partial charge is 0.354 e. The molecule has 0 saturated heterocycles. The van der Waals surface area contributed by atoms with Crippen LogP contribution in [0.3, 0.4) is 0 Å². The summed E-state index contributed by atoms with van der Waals surface area (Å²) < 4.78 is 0. The van der Waals surface area contributed by atoms with E-state index in [0.717, 1.165) is 5.69 Å². The number of rotatable bonds is 0. The van der Waals surface area contributed by atoms with Gasteiger partial charge in [0.15, 0.2) is 0 Å². The number of benzene rings is 2. The first-order valence-corrected chi connectivity index (χ1v) is 6.09. The van der Waals surface area contributed by atoms with Gasteiger partial charge in [-0.3, -0.25) is 4.98 Å². The summed E-state index contributed by atoms with van der Waals surface area (Å²) in [6.45, 7) is 2.06. The maximum absolute atomic E-state index is 4.37. The molecule has 0 aliphatic rings. The number of aryl methyl sites for hydroxylation is 1. The molecule has 1 N–H and O–H groups in total. The van der Waals surface area contributed by atoms with Crippen LogP contribution >= 0.6 is 0 Å². The lowest BCUT2D eigenvalue weighted by molar-refractivity contribution is 1.24. The first-order valence-electron chi connectivity index (χ1n) is 6.09. The van der Waals surface area contributed by atoms with Crippen LogP contribution in [0.15, 0.2) is 48.7 Å². The zero-order valence-electron chi connectivity index (χ0n) is 10.1. The highest BCUT2D eigenvalue weighted by Crippen LogP contribution is 2.29. The summed E-state index contributed by atoms with van der Waals surface area (Å²) >= 11 is 0. The molecule has 4 aromatic rings. The fraction of sp³-hybridized carbons (Fsp3) is 0.0625. The van der Waals surface area contributed by atoms with E-state index in [9.17, 15) is 0 Å². The fourth-order valence-corrected chi connectivity index (χ4v) is 2.66. The molecule has 0 unspecified atom stereocenters. The third kappa shape index (κ3) is 1.20. The molecule has 86 valence electrons. The van der Waals surface area contributed by atoms with Crippen LogP contribution in [-0.4, -0.2) is 9.97 Å². The second-order valence-corrected chi connectivity index (χ2v) is 4.69. The minimum Gasteiger partial charge on any atom is -0.354 e. The Morgan fingerprint density at radius 3 is 2.72 bits per heavy atom. The highest BCUT2D eigenvalue weighted by Gasteiger charge is 2.06. The van der Waals surface area contributed by atoms with Gasteiger partial charge < -0.3 is 4.98 Å². The van der Waals surface area contributed by atoms with Crippen LogP contribution < -0.4 is 0 Å². The average molecular weight is 232 g/mol. The Hall–Kier alpha value is -2.35. The number of hydrogen-bond acceptors (Lipinski definition) is 1. The molecular weight excluding hydrogens is 220 g/mol. The number of nitrogens with zero attached hydrogens (tertiary/aromatic N) is 1. The third-order valence-electron chi connectivity index (χ3n) is 3.59. The molecule has 2 heterocycles. The molecule has 2 aromatic heterocycles. The Morgan fingerprint density at radius 1 is 0.889 bits per heavy atom. The maximum atomic E-state index is 4.37.